The van der Waals surface area contributed by atoms with Crippen molar-refractivity contribution >= 4 is 93.7 Å². The number of benzene rings is 6. The van der Waals surface area contributed by atoms with Crippen molar-refractivity contribution in [3.05, 3.63) is 158 Å². The average molecular weight is 655 g/mol. The van der Waals surface area contributed by atoms with Crippen LogP contribution < -0.4 is 0 Å². The number of hydrogen-bond acceptors (Lipinski definition) is 5. The second kappa shape index (κ2) is 10.5. The fraction of sp³-hybridized carbons (Fsp3) is 0. The van der Waals surface area contributed by atoms with Crippen LogP contribution in [0.25, 0.3) is 105 Å². The second-order valence-electron chi connectivity index (χ2n) is 12.9. The maximum atomic E-state index is 6.33. The number of hydrogen-bond donors (Lipinski definition) is 0. The number of rotatable bonds is 5. The molecule has 51 heavy (non-hydrogen) atoms. The van der Waals surface area contributed by atoms with Gasteiger partial charge in [0, 0.05) is 32.3 Å². The van der Waals surface area contributed by atoms with E-state index in [1.165, 1.54) is 28.1 Å². The van der Waals surface area contributed by atoms with E-state index < -0.39 is 0 Å². The SMILES string of the molecule is C=C(/C=C\C=C\c1ccc2c(c1)c1cc3ncoc3c3c4ccccc4n2c13)c1nc(-c2cccc3c2oc2ccccc23)nc2ccccc12. The fourth-order valence-electron chi connectivity index (χ4n) is 7.78. The lowest BCUT2D eigenvalue weighted by atomic mass is 10.0. The molecule has 0 unspecified atom stereocenters. The Morgan fingerprint density at radius 1 is 0.647 bits per heavy atom. The van der Waals surface area contributed by atoms with Crippen molar-refractivity contribution in [1.82, 2.24) is 19.4 Å². The third-order valence-corrected chi connectivity index (χ3v) is 10.0. The first-order valence-electron chi connectivity index (χ1n) is 16.9. The zero-order chi connectivity index (χ0) is 33.6. The number of fused-ring (bicyclic) bond motifs is 12. The van der Waals surface area contributed by atoms with E-state index in [0.717, 1.165) is 82.8 Å². The summed E-state index contributed by atoms with van der Waals surface area (Å²) >= 11 is 0. The van der Waals surface area contributed by atoms with Gasteiger partial charge >= 0.3 is 0 Å². The lowest BCUT2D eigenvalue weighted by Gasteiger charge is -2.09. The molecule has 0 spiro atoms. The summed E-state index contributed by atoms with van der Waals surface area (Å²) in [6.07, 6.45) is 9.72. The van der Waals surface area contributed by atoms with Gasteiger partial charge in [-0.15, -0.1) is 0 Å². The van der Waals surface area contributed by atoms with Crippen molar-refractivity contribution in [2.75, 3.05) is 0 Å². The maximum Gasteiger partial charge on any atom is 0.182 e. The van der Waals surface area contributed by atoms with Crippen LogP contribution in [-0.4, -0.2) is 19.4 Å². The molecule has 5 heterocycles. The summed E-state index contributed by atoms with van der Waals surface area (Å²) < 4.78 is 14.6. The average Bonchev–Trinajstić information content (AvgIpc) is 3.95. The highest BCUT2D eigenvalue weighted by Crippen LogP contribution is 2.43. The van der Waals surface area contributed by atoms with Gasteiger partial charge in [-0.3, -0.25) is 0 Å². The van der Waals surface area contributed by atoms with Crippen LogP contribution in [0.15, 0.2) is 155 Å². The van der Waals surface area contributed by atoms with E-state index in [2.05, 4.69) is 82.7 Å². The van der Waals surface area contributed by atoms with Gasteiger partial charge in [-0.1, -0.05) is 104 Å². The van der Waals surface area contributed by atoms with E-state index in [1.807, 2.05) is 72.8 Å². The Morgan fingerprint density at radius 3 is 2.39 bits per heavy atom. The highest BCUT2D eigenvalue weighted by Gasteiger charge is 2.22. The van der Waals surface area contributed by atoms with E-state index in [1.54, 1.807) is 0 Å². The van der Waals surface area contributed by atoms with Gasteiger partial charge in [-0.2, -0.15) is 0 Å². The summed E-state index contributed by atoms with van der Waals surface area (Å²) in [5.41, 5.74) is 11.2. The molecule has 0 aliphatic heterocycles. The van der Waals surface area contributed by atoms with Crippen LogP contribution in [0.3, 0.4) is 0 Å². The van der Waals surface area contributed by atoms with Crippen molar-refractivity contribution in [3.8, 4) is 11.4 Å². The molecule has 6 nitrogen and oxygen atoms in total. The van der Waals surface area contributed by atoms with Crippen molar-refractivity contribution in [1.29, 1.82) is 0 Å². The van der Waals surface area contributed by atoms with Crippen LogP contribution in [0.1, 0.15) is 11.3 Å². The number of allylic oxidation sites excluding steroid dienone is 4. The van der Waals surface area contributed by atoms with Gasteiger partial charge in [0.2, 0.25) is 0 Å². The molecule has 6 aromatic carbocycles. The molecular weight excluding hydrogens is 629 g/mol. The second-order valence-corrected chi connectivity index (χ2v) is 12.9. The number of oxazole rings is 1. The number of aromatic nitrogens is 4. The highest BCUT2D eigenvalue weighted by molar-refractivity contribution is 6.30. The Kier molecular flexibility index (Phi) is 5.72. The molecule has 0 saturated heterocycles. The first-order valence-corrected chi connectivity index (χ1v) is 16.9. The molecule has 6 heteroatoms. The van der Waals surface area contributed by atoms with Gasteiger partial charge in [0.25, 0.3) is 0 Å². The minimum Gasteiger partial charge on any atom is -0.455 e. The number of furan rings is 1. The van der Waals surface area contributed by atoms with Crippen molar-refractivity contribution in [2.24, 2.45) is 0 Å². The van der Waals surface area contributed by atoms with Gasteiger partial charge in [0.15, 0.2) is 17.8 Å². The van der Waals surface area contributed by atoms with Gasteiger partial charge in [0.05, 0.1) is 38.7 Å². The Morgan fingerprint density at radius 2 is 1.45 bits per heavy atom. The van der Waals surface area contributed by atoms with E-state index in [-0.39, 0.29) is 0 Å². The Bertz CT molecular complexity index is 3280. The van der Waals surface area contributed by atoms with Crippen molar-refractivity contribution < 1.29 is 8.83 Å². The lowest BCUT2D eigenvalue weighted by Crippen LogP contribution is -1.97. The van der Waals surface area contributed by atoms with E-state index in [0.29, 0.717) is 5.82 Å². The lowest BCUT2D eigenvalue weighted by molar-refractivity contribution is 0.605. The van der Waals surface area contributed by atoms with E-state index in [4.69, 9.17) is 18.8 Å². The van der Waals surface area contributed by atoms with Crippen LogP contribution >= 0.6 is 0 Å². The molecule has 0 aliphatic carbocycles. The van der Waals surface area contributed by atoms with Crippen LogP contribution in [0.4, 0.5) is 0 Å². The molecular formula is C45H26N4O2. The summed E-state index contributed by atoms with van der Waals surface area (Å²) in [6.45, 7) is 4.43. The molecule has 11 aromatic rings. The fourth-order valence-corrected chi connectivity index (χ4v) is 7.78. The van der Waals surface area contributed by atoms with Crippen LogP contribution in [0.5, 0.6) is 0 Å². The van der Waals surface area contributed by atoms with E-state index in [9.17, 15) is 0 Å². The maximum absolute atomic E-state index is 6.33. The van der Waals surface area contributed by atoms with Gasteiger partial charge < -0.3 is 13.2 Å². The predicted octanol–water partition coefficient (Wildman–Crippen LogP) is 11.8. The third kappa shape index (κ3) is 4.01. The molecule has 0 saturated carbocycles. The Balaban J connectivity index is 0.967. The summed E-state index contributed by atoms with van der Waals surface area (Å²) in [4.78, 5) is 14.6. The molecule has 5 aromatic heterocycles. The van der Waals surface area contributed by atoms with E-state index >= 15 is 0 Å². The summed E-state index contributed by atoms with van der Waals surface area (Å²) in [5.74, 6) is 0.604. The molecule has 0 atom stereocenters. The predicted molar refractivity (Wildman–Crippen MR) is 208 cm³/mol. The molecule has 0 amide bonds. The largest absolute Gasteiger partial charge is 0.455 e. The van der Waals surface area contributed by atoms with Gasteiger partial charge in [-0.05, 0) is 53.6 Å². The van der Waals surface area contributed by atoms with Crippen molar-refractivity contribution in [3.63, 3.8) is 0 Å². The van der Waals surface area contributed by atoms with Crippen molar-refractivity contribution in [2.45, 2.75) is 0 Å². The smallest absolute Gasteiger partial charge is 0.182 e. The molecule has 0 aliphatic rings. The zero-order valence-corrected chi connectivity index (χ0v) is 27.2. The third-order valence-electron chi connectivity index (χ3n) is 10.0. The van der Waals surface area contributed by atoms with Gasteiger partial charge in [0.1, 0.15) is 16.7 Å². The molecule has 0 fully saturated rings. The number of nitrogens with zero attached hydrogens (tertiary/aromatic N) is 4. The minimum atomic E-state index is 0.604. The molecule has 11 rings (SSSR count). The Hall–Kier alpha value is -7.05. The van der Waals surface area contributed by atoms with Crippen LogP contribution in [-0.2, 0) is 0 Å². The minimum absolute atomic E-state index is 0.604. The van der Waals surface area contributed by atoms with Crippen LogP contribution in [0, 0.1) is 0 Å². The van der Waals surface area contributed by atoms with Crippen LogP contribution in [0.2, 0.25) is 0 Å². The summed E-state index contributed by atoms with van der Waals surface area (Å²) in [7, 11) is 0. The molecule has 238 valence electrons. The molecule has 0 N–H and O–H groups in total. The molecule has 0 radical (unpaired) electrons. The topological polar surface area (TPSA) is 69.4 Å². The quantitative estimate of drug-likeness (QED) is 0.173. The first-order chi connectivity index (χ1) is 25.2. The number of para-hydroxylation sites is 4. The van der Waals surface area contributed by atoms with Gasteiger partial charge in [-0.25, -0.2) is 15.0 Å². The molecule has 0 bridgehead atoms. The summed E-state index contributed by atoms with van der Waals surface area (Å²) in [6, 6.07) is 39.5. The first kappa shape index (κ1) is 27.9. The zero-order valence-electron chi connectivity index (χ0n) is 27.2. The normalized spacial score (nSPS) is 12.6. The standard InChI is InChI=1S/C45H26N4O2/c1-26(41-30-14-4-7-18-35(30)47-45(48-41)32-17-10-16-29-28-13-6-9-20-39(28)51-43(29)32)11-2-3-12-27-21-22-38-33(23-27)34-24-36-44(50-25-46-36)40-31-15-5-8-19-37(31)49(38)42(34)40/h2-25H,1H2/b11-2-,12-3+. The highest BCUT2D eigenvalue weighted by atomic mass is 16.3. The monoisotopic (exact) mass is 654 g/mol. The Labute approximate surface area is 290 Å². The summed E-state index contributed by atoms with van der Waals surface area (Å²) in [5, 5.41) is 7.70.